The molecule has 182 valence electrons. The SMILES string of the molecule is COc1ccc(NC(=O)COC(=O)CCCC(=O)Nc2ccc(Sc3ccc(Cl)cc3)cc2)cc1. The van der Waals surface area contributed by atoms with E-state index in [1.54, 1.807) is 43.1 Å². The third-order valence-corrected chi connectivity index (χ3v) is 5.98. The van der Waals surface area contributed by atoms with Gasteiger partial charge in [-0.2, -0.15) is 0 Å². The van der Waals surface area contributed by atoms with Gasteiger partial charge in [0.1, 0.15) is 5.75 Å². The molecule has 0 unspecified atom stereocenters. The van der Waals surface area contributed by atoms with Gasteiger partial charge >= 0.3 is 5.97 Å². The molecule has 2 N–H and O–H groups in total. The molecule has 3 aromatic carbocycles. The van der Waals surface area contributed by atoms with Crippen LogP contribution in [0.25, 0.3) is 0 Å². The van der Waals surface area contributed by atoms with Gasteiger partial charge in [0.2, 0.25) is 5.91 Å². The van der Waals surface area contributed by atoms with Crippen molar-refractivity contribution in [3.8, 4) is 5.75 Å². The molecule has 0 saturated carbocycles. The van der Waals surface area contributed by atoms with E-state index < -0.39 is 18.5 Å². The summed E-state index contributed by atoms with van der Waals surface area (Å²) in [6, 6.07) is 21.8. The third kappa shape index (κ3) is 9.35. The van der Waals surface area contributed by atoms with Crippen LogP contribution in [0.5, 0.6) is 5.75 Å². The molecule has 0 heterocycles. The fourth-order valence-corrected chi connectivity index (χ4v) is 3.89. The standard InChI is InChI=1S/C26H25ClN2O5S/c1-33-21-11-7-19(8-12-21)29-25(31)17-34-26(32)4-2-3-24(30)28-20-9-15-23(16-10-20)35-22-13-5-18(27)6-14-22/h5-16H,2-4,17H2,1H3,(H,28,30)(H,29,31). The van der Waals surface area contributed by atoms with Crippen LogP contribution in [0.2, 0.25) is 5.02 Å². The third-order valence-electron chi connectivity index (χ3n) is 4.71. The van der Waals surface area contributed by atoms with Crippen molar-refractivity contribution in [3.05, 3.63) is 77.8 Å². The van der Waals surface area contributed by atoms with Crippen LogP contribution in [0.1, 0.15) is 19.3 Å². The topological polar surface area (TPSA) is 93.7 Å². The first-order valence-corrected chi connectivity index (χ1v) is 12.0. The van der Waals surface area contributed by atoms with E-state index in [2.05, 4.69) is 10.6 Å². The van der Waals surface area contributed by atoms with Crippen LogP contribution < -0.4 is 15.4 Å². The monoisotopic (exact) mass is 512 g/mol. The van der Waals surface area contributed by atoms with E-state index in [0.29, 0.717) is 28.6 Å². The summed E-state index contributed by atoms with van der Waals surface area (Å²) in [5.41, 5.74) is 1.24. The van der Waals surface area contributed by atoms with Crippen LogP contribution in [0, 0.1) is 0 Å². The number of halogens is 1. The molecule has 0 atom stereocenters. The number of ether oxygens (including phenoxy) is 2. The van der Waals surface area contributed by atoms with E-state index in [1.165, 1.54) is 0 Å². The summed E-state index contributed by atoms with van der Waals surface area (Å²) in [4.78, 5) is 38.0. The Morgan fingerprint density at radius 1 is 0.771 bits per heavy atom. The van der Waals surface area contributed by atoms with Crippen molar-refractivity contribution in [2.45, 2.75) is 29.1 Å². The maximum Gasteiger partial charge on any atom is 0.306 e. The van der Waals surface area contributed by atoms with E-state index in [4.69, 9.17) is 21.1 Å². The Bertz CT molecular complexity index is 1140. The molecule has 0 aliphatic heterocycles. The first-order valence-electron chi connectivity index (χ1n) is 10.8. The maximum atomic E-state index is 12.2. The highest BCUT2D eigenvalue weighted by Gasteiger charge is 2.10. The number of amides is 2. The van der Waals surface area contributed by atoms with Crippen molar-refractivity contribution in [3.63, 3.8) is 0 Å². The van der Waals surface area contributed by atoms with E-state index in [9.17, 15) is 14.4 Å². The number of hydrogen-bond donors (Lipinski definition) is 2. The van der Waals surface area contributed by atoms with Crippen molar-refractivity contribution in [1.29, 1.82) is 0 Å². The summed E-state index contributed by atoms with van der Waals surface area (Å²) >= 11 is 7.50. The first-order chi connectivity index (χ1) is 16.9. The molecular weight excluding hydrogens is 488 g/mol. The quantitative estimate of drug-likeness (QED) is 0.316. The van der Waals surface area contributed by atoms with E-state index in [-0.39, 0.29) is 18.7 Å². The van der Waals surface area contributed by atoms with Gasteiger partial charge in [-0.1, -0.05) is 23.4 Å². The Hall–Kier alpha value is -3.49. The lowest BCUT2D eigenvalue weighted by molar-refractivity contribution is -0.147. The Morgan fingerprint density at radius 3 is 1.91 bits per heavy atom. The van der Waals surface area contributed by atoms with Gasteiger partial charge in [0.05, 0.1) is 7.11 Å². The van der Waals surface area contributed by atoms with Crippen LogP contribution >= 0.6 is 23.4 Å². The average molecular weight is 513 g/mol. The molecule has 0 bridgehead atoms. The molecule has 9 heteroatoms. The summed E-state index contributed by atoms with van der Waals surface area (Å²) in [5.74, 6) is -0.512. The number of carbonyl (C=O) groups excluding carboxylic acids is 3. The van der Waals surface area contributed by atoms with Gasteiger partial charge in [-0.15, -0.1) is 0 Å². The van der Waals surface area contributed by atoms with Crippen LogP contribution in [-0.4, -0.2) is 31.5 Å². The molecule has 3 aromatic rings. The van der Waals surface area contributed by atoms with Crippen LogP contribution in [0.3, 0.4) is 0 Å². The van der Waals surface area contributed by atoms with Gasteiger partial charge in [0.15, 0.2) is 6.61 Å². The second-order valence-corrected chi connectivity index (χ2v) is 9.00. The Labute approximate surface area is 213 Å². The van der Waals surface area contributed by atoms with Crippen molar-refractivity contribution in [2.24, 2.45) is 0 Å². The lowest BCUT2D eigenvalue weighted by atomic mass is 10.2. The lowest BCUT2D eigenvalue weighted by Gasteiger charge is -2.08. The fraction of sp³-hybridized carbons (Fsp3) is 0.192. The minimum atomic E-state index is -0.536. The maximum absolute atomic E-state index is 12.2. The molecule has 0 radical (unpaired) electrons. The summed E-state index contributed by atoms with van der Waals surface area (Å²) < 4.78 is 10.0. The van der Waals surface area contributed by atoms with Crippen molar-refractivity contribution in [1.82, 2.24) is 0 Å². The van der Waals surface area contributed by atoms with Gasteiger partial charge in [-0.3, -0.25) is 14.4 Å². The number of methoxy groups -OCH3 is 1. The van der Waals surface area contributed by atoms with Gasteiger partial charge in [-0.05, 0) is 79.2 Å². The summed E-state index contributed by atoms with van der Waals surface area (Å²) in [6.07, 6.45) is 0.517. The molecular formula is C26H25ClN2O5S. The number of benzene rings is 3. The molecule has 7 nitrogen and oxygen atoms in total. The molecule has 0 aromatic heterocycles. The number of esters is 1. The minimum Gasteiger partial charge on any atom is -0.497 e. The molecule has 0 fully saturated rings. The second-order valence-electron chi connectivity index (χ2n) is 7.42. The Morgan fingerprint density at radius 2 is 1.31 bits per heavy atom. The van der Waals surface area contributed by atoms with E-state index >= 15 is 0 Å². The summed E-state index contributed by atoms with van der Waals surface area (Å²) in [7, 11) is 1.55. The number of rotatable bonds is 11. The lowest BCUT2D eigenvalue weighted by Crippen LogP contribution is -2.21. The van der Waals surface area contributed by atoms with Gasteiger partial charge in [0, 0.05) is 39.0 Å². The minimum absolute atomic E-state index is 0.0416. The van der Waals surface area contributed by atoms with Crippen molar-refractivity contribution >= 4 is 52.5 Å². The van der Waals surface area contributed by atoms with Gasteiger partial charge in [-0.25, -0.2) is 0 Å². The molecule has 0 aliphatic carbocycles. The Balaban J connectivity index is 1.31. The normalized spacial score (nSPS) is 10.3. The molecule has 35 heavy (non-hydrogen) atoms. The van der Waals surface area contributed by atoms with Crippen molar-refractivity contribution < 1.29 is 23.9 Å². The highest BCUT2D eigenvalue weighted by molar-refractivity contribution is 7.99. The summed E-state index contributed by atoms with van der Waals surface area (Å²) in [5, 5.41) is 6.13. The summed E-state index contributed by atoms with van der Waals surface area (Å²) in [6.45, 7) is -0.391. The van der Waals surface area contributed by atoms with Crippen LogP contribution in [0.15, 0.2) is 82.6 Å². The zero-order valence-corrected chi connectivity index (χ0v) is 20.7. The fourth-order valence-electron chi connectivity index (χ4n) is 2.95. The second kappa shape index (κ2) is 13.4. The zero-order chi connectivity index (χ0) is 25.0. The van der Waals surface area contributed by atoms with Crippen LogP contribution in [0.4, 0.5) is 11.4 Å². The number of nitrogens with one attached hydrogen (secondary N) is 2. The molecule has 0 saturated heterocycles. The molecule has 0 aliphatic rings. The predicted octanol–water partition coefficient (Wildman–Crippen LogP) is 5.79. The molecule has 0 spiro atoms. The smallest absolute Gasteiger partial charge is 0.306 e. The van der Waals surface area contributed by atoms with Gasteiger partial charge in [0.25, 0.3) is 5.91 Å². The number of carbonyl (C=O) groups is 3. The predicted molar refractivity (Wildman–Crippen MR) is 137 cm³/mol. The highest BCUT2D eigenvalue weighted by Crippen LogP contribution is 2.29. The van der Waals surface area contributed by atoms with E-state index in [1.807, 2.05) is 48.5 Å². The first kappa shape index (κ1) is 26.1. The largest absolute Gasteiger partial charge is 0.497 e. The zero-order valence-electron chi connectivity index (χ0n) is 19.1. The number of hydrogen-bond acceptors (Lipinski definition) is 6. The average Bonchev–Trinajstić information content (AvgIpc) is 2.86. The molecule has 2 amide bonds. The molecule has 3 rings (SSSR count). The van der Waals surface area contributed by atoms with Crippen molar-refractivity contribution in [2.75, 3.05) is 24.4 Å². The Kier molecular flexibility index (Phi) is 10.0. The number of anilines is 2. The van der Waals surface area contributed by atoms with Gasteiger partial charge < -0.3 is 20.1 Å². The van der Waals surface area contributed by atoms with E-state index in [0.717, 1.165) is 9.79 Å². The highest BCUT2D eigenvalue weighted by atomic mass is 35.5. The van der Waals surface area contributed by atoms with Crippen LogP contribution in [-0.2, 0) is 19.1 Å².